The average Bonchev–Trinajstić information content (AvgIpc) is 1.75. The largest absolute Gasteiger partial charge is 0.512 e. The predicted octanol–water partition coefficient (Wildman–Crippen LogP) is 24.7. The molecule has 0 saturated carbocycles. The van der Waals surface area contributed by atoms with Gasteiger partial charge in [-0.25, -0.2) is 19.9 Å². The predicted molar refractivity (Wildman–Crippen MR) is 507 cm³/mol. The number of allylic oxidation sites excluding steroid dienone is 2. The van der Waals surface area contributed by atoms with Gasteiger partial charge in [0.1, 0.15) is 46.3 Å². The van der Waals surface area contributed by atoms with Crippen LogP contribution in [0.4, 0.5) is 0 Å². The van der Waals surface area contributed by atoms with Gasteiger partial charge in [-0.2, -0.15) is 0 Å². The van der Waals surface area contributed by atoms with Crippen LogP contribution in [0, 0.1) is 18.2 Å². The zero-order valence-corrected chi connectivity index (χ0v) is 83.0. The zero-order chi connectivity index (χ0) is 88.6. The molecule has 21 heteroatoms. The number of fused-ring (bicyclic) bond motifs is 4. The van der Waals surface area contributed by atoms with Gasteiger partial charge < -0.3 is 58.8 Å². The summed E-state index contributed by atoms with van der Waals surface area (Å²) in [6.07, 6.45) is 6.59. The second-order valence-corrected chi connectivity index (χ2v) is 31.4. The molecular weight excluding hydrogens is 2320 g/mol. The summed E-state index contributed by atoms with van der Waals surface area (Å²) < 4.78 is 8.03. The summed E-state index contributed by atoms with van der Waals surface area (Å²) in [7, 11) is 7.87. The van der Waals surface area contributed by atoms with E-state index in [1.165, 1.54) is 36.6 Å². The summed E-state index contributed by atoms with van der Waals surface area (Å²) >= 11 is 0. The van der Waals surface area contributed by atoms with Crippen molar-refractivity contribution in [1.29, 1.82) is 0 Å². The first-order valence-corrected chi connectivity index (χ1v) is 40.8. The van der Waals surface area contributed by atoms with Gasteiger partial charge in [-0.3, -0.25) is 4.79 Å². The standard InChI is InChI=1S/C22H28N2O.C17H12N.3C14H12N2O.2C11H8N.C5H8O2.4Ir/c1-21(2,3)14-12-15(19(25)16(13-14)22(4,5)6)20-23-17-10-8-9-11-18(17)24(20)7;1-3-7-14(8-4-1)16-11-12-18-17(13-16)15-9-5-2-6-10-15;3*1-16-12-8-4-3-7-11(12)15-14(16)10-6-2-5-9-13(10)17;2*1-2-6-10(7-3-1)11-8-4-5-9-12-11;1-4(6)3-5(2)7;;;;/h8-13,25H,1-7H3;1-9,11-13H;3*2-9,17H,1H3;2*1-6,8-9H;3,6H,1-2H3;;;;/q;-1;;;;2*-1;;;;;. The first-order chi connectivity index (χ1) is 60.3. The molecule has 0 aliphatic carbocycles. The Hall–Kier alpha value is -13.0. The molecule has 0 saturated heterocycles. The fraction of sp³-hybridized carbons (Fsp3) is 0.130. The molecule has 0 amide bonds. The number of hydrogen-bond donors (Lipinski definition) is 5. The number of benzene rings is 12. The molecule has 0 aliphatic rings. The number of ketones is 1. The number of rotatable bonds is 9. The first-order valence-electron chi connectivity index (χ1n) is 40.8. The minimum absolute atomic E-state index is 0. The van der Waals surface area contributed by atoms with Crippen molar-refractivity contribution in [2.24, 2.45) is 28.2 Å². The van der Waals surface area contributed by atoms with Gasteiger partial charge in [0, 0.05) is 139 Å². The molecule has 7 aromatic heterocycles. The van der Waals surface area contributed by atoms with E-state index in [1.54, 1.807) is 30.6 Å². The molecule has 0 aliphatic heterocycles. The molecule has 129 heavy (non-hydrogen) atoms. The number of nitrogens with zero attached hydrogens (tertiary/aromatic N) is 11. The van der Waals surface area contributed by atoms with E-state index in [2.05, 4.69) is 131 Å². The van der Waals surface area contributed by atoms with Crippen molar-refractivity contribution >= 4 is 49.9 Å². The minimum Gasteiger partial charge on any atom is -0.512 e. The number of phenols is 4. The average molecular weight is 2420 g/mol. The smallest absolute Gasteiger partial charge is 0.155 e. The van der Waals surface area contributed by atoms with Gasteiger partial charge in [0.15, 0.2) is 5.78 Å². The van der Waals surface area contributed by atoms with E-state index in [-0.39, 0.29) is 120 Å². The molecule has 0 unspecified atom stereocenters. The molecule has 19 rings (SSSR count). The van der Waals surface area contributed by atoms with Gasteiger partial charge in [-0.05, 0) is 168 Å². The van der Waals surface area contributed by atoms with Crippen LogP contribution in [0.25, 0.3) is 135 Å². The van der Waals surface area contributed by atoms with E-state index in [9.17, 15) is 25.2 Å². The van der Waals surface area contributed by atoms with Crippen LogP contribution in [0.3, 0.4) is 0 Å². The number of pyridine rings is 3. The van der Waals surface area contributed by atoms with Gasteiger partial charge in [-0.1, -0.05) is 193 Å². The maximum atomic E-state index is 11.1. The number of aliphatic hydroxyl groups is 1. The number of aliphatic hydroxyl groups excluding tert-OH is 1. The molecule has 0 spiro atoms. The molecule has 19 aromatic rings. The van der Waals surface area contributed by atoms with Gasteiger partial charge in [0.05, 0.1) is 72.1 Å². The van der Waals surface area contributed by atoms with Crippen LogP contribution in [-0.2, 0) is 124 Å². The minimum atomic E-state index is -0.148. The van der Waals surface area contributed by atoms with Crippen LogP contribution >= 0.6 is 0 Å². The third-order valence-electron chi connectivity index (χ3n) is 20.2. The second kappa shape index (κ2) is 48.2. The first kappa shape index (κ1) is 101. The van der Waals surface area contributed by atoms with Crippen molar-refractivity contribution < 1.29 is 111 Å². The SMILES string of the molecule is CC(=O)C=C(C)O.Cn1c(-c2cc(C(C)(C)C)cc(C(C)(C)C)c2O)nc2ccccc21.Cn1c(-c2ccccc2O)nc2ccccc21.Cn1c(-c2ccccc2O)nc2ccccc21.Cn1c(-c2ccccc2O)nc2ccccc21.[Ir].[Ir].[Ir].[Ir].[c-]1ccccc1-c1cc(-c2ccccc2)ccn1.[c-]1ccccc1-c1ccccn1.[c-]1ccccc1-c1ccccn1. The number of carbonyl (C=O) groups excluding carboxylic acids is 1. The molecular formula is C108H100Ir4N11O6-3. The Morgan fingerprint density at radius 3 is 0.946 bits per heavy atom. The van der Waals surface area contributed by atoms with Gasteiger partial charge >= 0.3 is 0 Å². The second-order valence-electron chi connectivity index (χ2n) is 31.4. The van der Waals surface area contributed by atoms with E-state index in [4.69, 9.17) is 10.1 Å². The third kappa shape index (κ3) is 26.8. The Balaban J connectivity index is 0.000000184. The quantitative estimate of drug-likeness (QED) is 0.0515. The third-order valence-corrected chi connectivity index (χ3v) is 20.2. The van der Waals surface area contributed by atoms with Crippen LogP contribution in [0.5, 0.6) is 23.0 Å². The molecule has 7 heterocycles. The number of imidazole rings is 4. The molecule has 0 atom stereocenters. The molecule has 17 nitrogen and oxygen atoms in total. The van der Waals surface area contributed by atoms with Crippen molar-refractivity contribution in [3.63, 3.8) is 0 Å². The van der Waals surface area contributed by atoms with Crippen molar-refractivity contribution in [3.8, 4) is 113 Å². The molecule has 12 aromatic carbocycles. The summed E-state index contributed by atoms with van der Waals surface area (Å²) in [4.78, 5) is 41.3. The monoisotopic (exact) mass is 2420 g/mol. The van der Waals surface area contributed by atoms with Crippen LogP contribution < -0.4 is 0 Å². The van der Waals surface area contributed by atoms with E-state index in [0.717, 1.165) is 129 Å². The Bertz CT molecular complexity index is 6300. The van der Waals surface area contributed by atoms with E-state index >= 15 is 0 Å². The molecule has 0 bridgehead atoms. The summed E-state index contributed by atoms with van der Waals surface area (Å²) in [5.74, 6) is 4.18. The molecule has 0 fully saturated rings. The van der Waals surface area contributed by atoms with E-state index in [0.29, 0.717) is 5.75 Å². The summed E-state index contributed by atoms with van der Waals surface area (Å²) in [6.45, 7) is 15.8. The van der Waals surface area contributed by atoms with Crippen LogP contribution in [0.1, 0.15) is 66.5 Å². The number of aromatic nitrogens is 11. The van der Waals surface area contributed by atoms with Crippen molar-refractivity contribution in [3.05, 3.63) is 393 Å². The molecule has 5 N–H and O–H groups in total. The Morgan fingerprint density at radius 2 is 0.643 bits per heavy atom. The maximum absolute atomic E-state index is 11.1. The van der Waals surface area contributed by atoms with E-state index in [1.807, 2.05) is 327 Å². The fourth-order valence-corrected chi connectivity index (χ4v) is 13.7. The van der Waals surface area contributed by atoms with Gasteiger partial charge in [0.25, 0.3) is 0 Å². The molecule has 4 radical (unpaired) electrons. The van der Waals surface area contributed by atoms with Crippen molar-refractivity contribution in [2.75, 3.05) is 0 Å². The van der Waals surface area contributed by atoms with Crippen molar-refractivity contribution in [2.45, 2.75) is 66.2 Å². The number of aromatic hydroxyl groups is 4. The summed E-state index contributed by atoms with van der Waals surface area (Å²) in [5, 5.41) is 49.0. The Labute approximate surface area is 808 Å². The normalized spacial score (nSPS) is 10.6. The number of para-hydroxylation sites is 11. The van der Waals surface area contributed by atoms with Crippen LogP contribution in [0.15, 0.2) is 364 Å². The molecule has 662 valence electrons. The maximum Gasteiger partial charge on any atom is 0.155 e. The fourth-order valence-electron chi connectivity index (χ4n) is 13.7. The summed E-state index contributed by atoms with van der Waals surface area (Å²) in [6, 6.07) is 117. The van der Waals surface area contributed by atoms with Crippen LogP contribution in [0.2, 0.25) is 0 Å². The Kier molecular flexibility index (Phi) is 37.9. The van der Waals surface area contributed by atoms with Crippen LogP contribution in [-0.4, -0.2) is 84.5 Å². The van der Waals surface area contributed by atoms with Crippen molar-refractivity contribution in [1.82, 2.24) is 53.2 Å². The number of aryl methyl sites for hydroxylation is 4. The van der Waals surface area contributed by atoms with Gasteiger partial charge in [0.2, 0.25) is 0 Å². The Morgan fingerprint density at radius 1 is 0.326 bits per heavy atom. The number of carbonyl (C=O) groups is 1. The number of hydrogen-bond acceptors (Lipinski definition) is 13. The summed E-state index contributed by atoms with van der Waals surface area (Å²) in [5.41, 5.74) is 21.5. The topological polar surface area (TPSA) is 228 Å². The zero-order valence-electron chi connectivity index (χ0n) is 73.5. The van der Waals surface area contributed by atoms with Gasteiger partial charge in [-0.15, -0.1) is 108 Å². The van der Waals surface area contributed by atoms with E-state index < -0.39 is 0 Å². The number of phenolic OH excluding ortho intramolecular Hbond substituents is 4.